The molecule has 8 rings (SSSR count). The molecule has 0 N–H and O–H groups in total. The van der Waals surface area contributed by atoms with Crippen molar-refractivity contribution >= 4 is 21.8 Å². The molecule has 0 atom stereocenters. The number of rotatable bonds is 2. The lowest BCUT2D eigenvalue weighted by atomic mass is 9.91. The number of fused-ring (bicyclic) bond motifs is 8. The summed E-state index contributed by atoms with van der Waals surface area (Å²) in [6, 6.07) is 39.1. The van der Waals surface area contributed by atoms with E-state index in [1.165, 1.54) is 44.1 Å². The first-order valence-corrected chi connectivity index (χ1v) is 13.8. The zero-order valence-corrected chi connectivity index (χ0v) is 22.7. The number of aryl methyl sites for hydroxylation is 3. The first-order valence-electron chi connectivity index (χ1n) is 13.8. The molecule has 2 aromatic heterocycles. The van der Waals surface area contributed by atoms with Gasteiger partial charge in [0.15, 0.2) is 5.82 Å². The van der Waals surface area contributed by atoms with E-state index in [0.29, 0.717) is 0 Å². The summed E-state index contributed by atoms with van der Waals surface area (Å²) in [4.78, 5) is 10.9. The van der Waals surface area contributed by atoms with Crippen LogP contribution in [0.15, 0.2) is 109 Å². The number of para-hydroxylation sites is 2. The molecule has 0 fully saturated rings. The molecule has 0 saturated carbocycles. The van der Waals surface area contributed by atoms with Crippen molar-refractivity contribution in [3.63, 3.8) is 0 Å². The normalized spacial score (nSPS) is 11.9. The molecule has 5 aromatic carbocycles. The fraction of sp³-hybridized carbons (Fsp3) is 0.0811. The Bertz CT molecular complexity index is 2110. The Kier molecular flexibility index (Phi) is 4.86. The van der Waals surface area contributed by atoms with Gasteiger partial charge in [0.05, 0.1) is 22.3 Å². The highest BCUT2D eigenvalue weighted by Crippen LogP contribution is 2.49. The first kappa shape index (κ1) is 22.9. The molecule has 0 bridgehead atoms. The molecule has 0 spiro atoms. The predicted octanol–water partition coefficient (Wildman–Crippen LogP) is 9.48. The van der Waals surface area contributed by atoms with E-state index in [1.54, 1.807) is 0 Å². The molecule has 3 heteroatoms. The Morgan fingerprint density at radius 2 is 1.20 bits per heavy atom. The largest absolute Gasteiger partial charge is 0.292 e. The SMILES string of the molecule is Cc1cc(C)c(-c2nc(-c3ccccc3)c3c(n2)-n2c4ccccc4c4cccc(c42)-c2ccccc2-3)c(C)c1. The maximum atomic E-state index is 5.48. The quantitative estimate of drug-likeness (QED) is 0.230. The Hall–Kier alpha value is -5.02. The maximum absolute atomic E-state index is 5.48. The van der Waals surface area contributed by atoms with Crippen LogP contribution in [-0.4, -0.2) is 14.5 Å². The second-order valence-electron chi connectivity index (χ2n) is 10.8. The number of hydrogen-bond donors (Lipinski definition) is 0. The summed E-state index contributed by atoms with van der Waals surface area (Å²) >= 11 is 0. The molecule has 0 amide bonds. The van der Waals surface area contributed by atoms with E-state index in [-0.39, 0.29) is 0 Å². The monoisotopic (exact) mass is 513 g/mol. The Balaban J connectivity index is 1.63. The lowest BCUT2D eigenvalue weighted by Gasteiger charge is -2.19. The predicted molar refractivity (Wildman–Crippen MR) is 166 cm³/mol. The number of aromatic nitrogens is 3. The minimum absolute atomic E-state index is 0.760. The van der Waals surface area contributed by atoms with Gasteiger partial charge in [0, 0.05) is 27.5 Å². The van der Waals surface area contributed by atoms with Gasteiger partial charge < -0.3 is 0 Å². The van der Waals surface area contributed by atoms with Gasteiger partial charge in [-0.1, -0.05) is 109 Å². The van der Waals surface area contributed by atoms with Crippen LogP contribution in [-0.2, 0) is 0 Å². The maximum Gasteiger partial charge on any atom is 0.162 e. The number of nitrogens with zero attached hydrogens (tertiary/aromatic N) is 3. The van der Waals surface area contributed by atoms with E-state index in [2.05, 4.69) is 135 Å². The number of hydrogen-bond acceptors (Lipinski definition) is 2. The second kappa shape index (κ2) is 8.49. The Morgan fingerprint density at radius 1 is 0.550 bits per heavy atom. The van der Waals surface area contributed by atoms with Crippen LogP contribution in [0.5, 0.6) is 0 Å². The van der Waals surface area contributed by atoms with Crippen molar-refractivity contribution in [3.05, 3.63) is 126 Å². The average Bonchev–Trinajstić information content (AvgIpc) is 3.25. The van der Waals surface area contributed by atoms with Crippen LogP contribution in [0.1, 0.15) is 16.7 Å². The first-order chi connectivity index (χ1) is 19.6. The standard InChI is InChI=1S/C37H27N3/c1-22-20-23(2)32(24(3)21-22)36-38-34(25-12-5-4-6-13-25)33-28-16-8-7-14-26(28)29-17-11-18-30-27-15-9-10-19-31(27)40(35(29)30)37(33)39-36/h4-21H,1-3H3. The highest BCUT2D eigenvalue weighted by molar-refractivity contribution is 6.16. The number of benzene rings is 5. The van der Waals surface area contributed by atoms with E-state index in [0.717, 1.165) is 45.1 Å². The van der Waals surface area contributed by atoms with E-state index >= 15 is 0 Å². The summed E-state index contributed by atoms with van der Waals surface area (Å²) in [6.45, 7) is 6.48. The Morgan fingerprint density at radius 3 is 2.00 bits per heavy atom. The molecule has 0 aliphatic carbocycles. The summed E-state index contributed by atoms with van der Waals surface area (Å²) in [5, 5.41) is 2.47. The third-order valence-corrected chi connectivity index (χ3v) is 8.23. The van der Waals surface area contributed by atoms with Gasteiger partial charge in [-0.05, 0) is 49.1 Å². The van der Waals surface area contributed by atoms with Gasteiger partial charge in [-0.25, -0.2) is 9.97 Å². The van der Waals surface area contributed by atoms with Crippen LogP contribution in [0.2, 0.25) is 0 Å². The van der Waals surface area contributed by atoms with Gasteiger partial charge >= 0.3 is 0 Å². The van der Waals surface area contributed by atoms with Crippen LogP contribution in [0, 0.1) is 20.8 Å². The van der Waals surface area contributed by atoms with E-state index in [1.807, 2.05) is 0 Å². The third-order valence-electron chi connectivity index (χ3n) is 8.23. The summed E-state index contributed by atoms with van der Waals surface area (Å²) in [5.41, 5.74) is 13.7. The van der Waals surface area contributed by atoms with E-state index < -0.39 is 0 Å². The smallest absolute Gasteiger partial charge is 0.162 e. The summed E-state index contributed by atoms with van der Waals surface area (Å²) in [6.07, 6.45) is 0. The van der Waals surface area contributed by atoms with E-state index in [4.69, 9.17) is 9.97 Å². The van der Waals surface area contributed by atoms with Gasteiger partial charge in [-0.2, -0.15) is 0 Å². The van der Waals surface area contributed by atoms with Crippen molar-refractivity contribution in [1.29, 1.82) is 0 Å². The van der Waals surface area contributed by atoms with Crippen LogP contribution < -0.4 is 0 Å². The molecule has 1 aliphatic heterocycles. The minimum Gasteiger partial charge on any atom is -0.292 e. The van der Waals surface area contributed by atoms with Gasteiger partial charge in [-0.3, -0.25) is 4.57 Å². The third kappa shape index (κ3) is 3.18. The van der Waals surface area contributed by atoms with Crippen LogP contribution in [0.3, 0.4) is 0 Å². The van der Waals surface area contributed by atoms with Crippen molar-refractivity contribution in [2.24, 2.45) is 0 Å². The molecule has 40 heavy (non-hydrogen) atoms. The van der Waals surface area contributed by atoms with Crippen molar-refractivity contribution < 1.29 is 0 Å². The molecule has 7 aromatic rings. The summed E-state index contributed by atoms with van der Waals surface area (Å²) in [5.74, 6) is 1.68. The van der Waals surface area contributed by atoms with Crippen molar-refractivity contribution in [2.75, 3.05) is 0 Å². The van der Waals surface area contributed by atoms with Gasteiger partial charge in [0.2, 0.25) is 0 Å². The van der Waals surface area contributed by atoms with Gasteiger partial charge in [-0.15, -0.1) is 0 Å². The second-order valence-corrected chi connectivity index (χ2v) is 10.8. The molecular weight excluding hydrogens is 486 g/mol. The van der Waals surface area contributed by atoms with Crippen LogP contribution in [0.4, 0.5) is 0 Å². The van der Waals surface area contributed by atoms with Gasteiger partial charge in [0.1, 0.15) is 5.82 Å². The molecule has 190 valence electrons. The van der Waals surface area contributed by atoms with Crippen LogP contribution >= 0.6 is 0 Å². The highest BCUT2D eigenvalue weighted by atomic mass is 15.1. The molecule has 0 radical (unpaired) electrons. The average molecular weight is 514 g/mol. The molecule has 0 unspecified atom stereocenters. The van der Waals surface area contributed by atoms with Crippen molar-refractivity contribution in [2.45, 2.75) is 20.8 Å². The molecule has 0 saturated heterocycles. The molecule has 3 heterocycles. The van der Waals surface area contributed by atoms with Gasteiger partial charge in [0.25, 0.3) is 0 Å². The highest BCUT2D eigenvalue weighted by Gasteiger charge is 2.29. The topological polar surface area (TPSA) is 30.7 Å². The molecular formula is C37H27N3. The summed E-state index contributed by atoms with van der Waals surface area (Å²) in [7, 11) is 0. The van der Waals surface area contributed by atoms with Crippen LogP contribution in [0.25, 0.3) is 72.5 Å². The fourth-order valence-electron chi connectivity index (χ4n) is 6.70. The molecule has 1 aliphatic rings. The van der Waals surface area contributed by atoms with Crippen molar-refractivity contribution in [1.82, 2.24) is 14.5 Å². The van der Waals surface area contributed by atoms with E-state index in [9.17, 15) is 0 Å². The zero-order valence-electron chi connectivity index (χ0n) is 22.7. The summed E-state index contributed by atoms with van der Waals surface area (Å²) < 4.78 is 2.38. The Labute approximate surface area is 233 Å². The minimum atomic E-state index is 0.760. The van der Waals surface area contributed by atoms with Crippen molar-refractivity contribution in [3.8, 4) is 50.7 Å². The lowest BCUT2D eigenvalue weighted by molar-refractivity contribution is 1.05. The molecule has 3 nitrogen and oxygen atoms in total. The lowest BCUT2D eigenvalue weighted by Crippen LogP contribution is -2.07. The fourth-order valence-corrected chi connectivity index (χ4v) is 6.70. The zero-order chi connectivity index (χ0) is 27.0.